The van der Waals surface area contributed by atoms with Crippen LogP contribution in [0.25, 0.3) is 11.3 Å². The van der Waals surface area contributed by atoms with E-state index in [1.54, 1.807) is 36.7 Å². The molecule has 116 valence electrons. The molecule has 0 aliphatic carbocycles. The first-order valence-corrected chi connectivity index (χ1v) is 7.63. The first kappa shape index (κ1) is 15.3. The van der Waals surface area contributed by atoms with Gasteiger partial charge >= 0.3 is 0 Å². The summed E-state index contributed by atoms with van der Waals surface area (Å²) < 4.78 is 5.61. The number of amides is 1. The van der Waals surface area contributed by atoms with Crippen molar-refractivity contribution in [2.45, 2.75) is 6.42 Å². The highest BCUT2D eigenvalue weighted by Gasteiger charge is 2.11. The number of pyridine rings is 1. The largest absolute Gasteiger partial charge is 0.451 e. The smallest absolute Gasteiger partial charge is 0.287 e. The molecule has 0 spiro atoms. The van der Waals surface area contributed by atoms with Crippen molar-refractivity contribution in [3.05, 3.63) is 77.3 Å². The minimum Gasteiger partial charge on any atom is -0.451 e. The number of aromatic nitrogens is 1. The topological polar surface area (TPSA) is 55.1 Å². The molecule has 0 saturated heterocycles. The predicted octanol–water partition coefficient (Wildman–Crippen LogP) is 3.97. The Bertz CT molecular complexity index is 782. The summed E-state index contributed by atoms with van der Waals surface area (Å²) in [5.74, 6) is 0.703. The van der Waals surface area contributed by atoms with Gasteiger partial charge in [0, 0.05) is 29.5 Å². The van der Waals surface area contributed by atoms with Gasteiger partial charge in [-0.15, -0.1) is 0 Å². The first-order valence-electron chi connectivity index (χ1n) is 7.25. The van der Waals surface area contributed by atoms with E-state index in [1.807, 2.05) is 24.3 Å². The zero-order valence-electron chi connectivity index (χ0n) is 12.3. The van der Waals surface area contributed by atoms with E-state index in [2.05, 4.69) is 10.3 Å². The Morgan fingerprint density at radius 2 is 1.96 bits per heavy atom. The molecule has 0 saturated carbocycles. The highest BCUT2D eigenvalue weighted by atomic mass is 35.5. The van der Waals surface area contributed by atoms with Gasteiger partial charge in [0.05, 0.1) is 0 Å². The summed E-state index contributed by atoms with van der Waals surface area (Å²) in [4.78, 5) is 16.1. The van der Waals surface area contributed by atoms with Crippen molar-refractivity contribution in [1.29, 1.82) is 0 Å². The third-order valence-corrected chi connectivity index (χ3v) is 3.63. The minimum atomic E-state index is -0.228. The summed E-state index contributed by atoms with van der Waals surface area (Å²) >= 11 is 5.86. The third kappa shape index (κ3) is 3.99. The van der Waals surface area contributed by atoms with Crippen LogP contribution in [-0.4, -0.2) is 17.4 Å². The van der Waals surface area contributed by atoms with Gasteiger partial charge in [-0.3, -0.25) is 9.78 Å². The summed E-state index contributed by atoms with van der Waals surface area (Å²) in [5.41, 5.74) is 1.96. The minimum absolute atomic E-state index is 0.228. The second-order valence-corrected chi connectivity index (χ2v) is 5.47. The molecule has 5 heteroatoms. The van der Waals surface area contributed by atoms with Gasteiger partial charge in [0.25, 0.3) is 5.91 Å². The maximum absolute atomic E-state index is 12.1. The van der Waals surface area contributed by atoms with Crippen molar-refractivity contribution >= 4 is 17.5 Å². The van der Waals surface area contributed by atoms with Gasteiger partial charge in [0.15, 0.2) is 5.76 Å². The molecule has 0 aliphatic heterocycles. The lowest BCUT2D eigenvalue weighted by molar-refractivity contribution is 0.0927. The van der Waals surface area contributed by atoms with Crippen LogP contribution in [-0.2, 0) is 6.42 Å². The predicted molar refractivity (Wildman–Crippen MR) is 89.4 cm³/mol. The molecule has 2 heterocycles. The molecular formula is C18H15ClN2O2. The Morgan fingerprint density at radius 1 is 1.13 bits per heavy atom. The molecule has 23 heavy (non-hydrogen) atoms. The number of nitrogens with one attached hydrogen (secondary N) is 1. The highest BCUT2D eigenvalue weighted by Crippen LogP contribution is 2.23. The Labute approximate surface area is 139 Å². The fourth-order valence-corrected chi connectivity index (χ4v) is 2.31. The first-order chi connectivity index (χ1) is 11.2. The number of hydrogen-bond acceptors (Lipinski definition) is 3. The van der Waals surface area contributed by atoms with Crippen LogP contribution in [0.3, 0.4) is 0 Å². The van der Waals surface area contributed by atoms with Crippen LogP contribution in [0.4, 0.5) is 0 Å². The lowest BCUT2D eigenvalue weighted by Gasteiger charge is -2.03. The molecule has 0 radical (unpaired) electrons. The Hall–Kier alpha value is -2.59. The molecule has 1 aromatic carbocycles. The number of carbonyl (C=O) groups excluding carboxylic acids is 1. The van der Waals surface area contributed by atoms with Crippen LogP contribution >= 0.6 is 11.6 Å². The van der Waals surface area contributed by atoms with Gasteiger partial charge in [-0.2, -0.15) is 0 Å². The summed E-state index contributed by atoms with van der Waals surface area (Å²) in [6.07, 6.45) is 4.24. The Kier molecular flexibility index (Phi) is 4.74. The average Bonchev–Trinajstić information content (AvgIpc) is 3.06. The van der Waals surface area contributed by atoms with Crippen LogP contribution in [0.1, 0.15) is 16.1 Å². The fraction of sp³-hybridized carbons (Fsp3) is 0.111. The zero-order valence-corrected chi connectivity index (χ0v) is 13.1. The molecule has 0 fully saturated rings. The van der Waals surface area contributed by atoms with E-state index >= 15 is 0 Å². The van der Waals surface area contributed by atoms with Crippen LogP contribution in [0.2, 0.25) is 5.02 Å². The van der Waals surface area contributed by atoms with Crippen molar-refractivity contribution < 1.29 is 9.21 Å². The monoisotopic (exact) mass is 326 g/mol. The van der Waals surface area contributed by atoms with Gasteiger partial charge in [-0.25, -0.2) is 0 Å². The summed E-state index contributed by atoms with van der Waals surface area (Å²) in [6.45, 7) is 0.529. The molecule has 0 unspecified atom stereocenters. The maximum atomic E-state index is 12.1. The van der Waals surface area contributed by atoms with Crippen LogP contribution in [0.15, 0.2) is 65.3 Å². The van der Waals surface area contributed by atoms with E-state index in [0.29, 0.717) is 23.1 Å². The van der Waals surface area contributed by atoms with Gasteiger partial charge in [0.1, 0.15) is 5.76 Å². The van der Waals surface area contributed by atoms with E-state index in [4.69, 9.17) is 16.0 Å². The second kappa shape index (κ2) is 7.11. The van der Waals surface area contributed by atoms with Gasteiger partial charge < -0.3 is 9.73 Å². The molecule has 3 rings (SSSR count). The van der Waals surface area contributed by atoms with Crippen LogP contribution < -0.4 is 5.32 Å². The SMILES string of the molecule is O=C(NCCc1cccnc1)c1ccc(-c2ccc(Cl)cc2)o1. The lowest BCUT2D eigenvalue weighted by Crippen LogP contribution is -2.25. The summed E-state index contributed by atoms with van der Waals surface area (Å²) in [6, 6.07) is 14.6. The van der Waals surface area contributed by atoms with Crippen molar-refractivity contribution in [1.82, 2.24) is 10.3 Å². The maximum Gasteiger partial charge on any atom is 0.287 e. The van der Waals surface area contributed by atoms with Gasteiger partial charge in [-0.1, -0.05) is 17.7 Å². The van der Waals surface area contributed by atoms with Crippen molar-refractivity contribution in [3.8, 4) is 11.3 Å². The number of rotatable bonds is 5. The van der Waals surface area contributed by atoms with Crippen molar-refractivity contribution in [2.75, 3.05) is 6.54 Å². The number of hydrogen-bond donors (Lipinski definition) is 1. The van der Waals surface area contributed by atoms with E-state index in [1.165, 1.54) is 0 Å². The van der Waals surface area contributed by atoms with Gasteiger partial charge in [0.2, 0.25) is 0 Å². The Morgan fingerprint density at radius 3 is 2.70 bits per heavy atom. The number of carbonyl (C=O) groups is 1. The molecular weight excluding hydrogens is 312 g/mol. The Balaban J connectivity index is 1.59. The van der Waals surface area contributed by atoms with Crippen molar-refractivity contribution in [2.24, 2.45) is 0 Å². The number of benzene rings is 1. The average molecular weight is 327 g/mol. The summed E-state index contributed by atoms with van der Waals surface area (Å²) in [5, 5.41) is 3.50. The lowest BCUT2D eigenvalue weighted by atomic mass is 10.2. The van der Waals surface area contributed by atoms with Crippen molar-refractivity contribution in [3.63, 3.8) is 0 Å². The number of nitrogens with zero attached hydrogens (tertiary/aromatic N) is 1. The second-order valence-electron chi connectivity index (χ2n) is 5.04. The molecule has 2 aromatic heterocycles. The molecule has 0 atom stereocenters. The zero-order chi connectivity index (χ0) is 16.1. The normalized spacial score (nSPS) is 10.5. The van der Waals surface area contributed by atoms with E-state index < -0.39 is 0 Å². The van der Waals surface area contributed by atoms with Crippen LogP contribution in [0.5, 0.6) is 0 Å². The third-order valence-electron chi connectivity index (χ3n) is 3.38. The molecule has 1 amide bonds. The van der Waals surface area contributed by atoms with E-state index in [9.17, 15) is 4.79 Å². The van der Waals surface area contributed by atoms with Gasteiger partial charge in [-0.05, 0) is 54.4 Å². The molecule has 1 N–H and O–H groups in total. The quantitative estimate of drug-likeness (QED) is 0.772. The molecule has 4 nitrogen and oxygen atoms in total. The molecule has 0 bridgehead atoms. The number of furan rings is 1. The van der Waals surface area contributed by atoms with Crippen LogP contribution in [0, 0.1) is 0 Å². The van der Waals surface area contributed by atoms with E-state index in [-0.39, 0.29) is 5.91 Å². The van der Waals surface area contributed by atoms with E-state index in [0.717, 1.165) is 17.5 Å². The highest BCUT2D eigenvalue weighted by molar-refractivity contribution is 6.30. The number of halogens is 1. The summed E-state index contributed by atoms with van der Waals surface area (Å²) in [7, 11) is 0. The fourth-order valence-electron chi connectivity index (χ4n) is 2.18. The molecule has 3 aromatic rings. The molecule has 0 aliphatic rings. The standard InChI is InChI=1S/C18H15ClN2O2/c19-15-5-3-14(4-6-15)16-7-8-17(23-16)18(22)21-11-9-13-2-1-10-20-12-13/h1-8,10,12H,9,11H2,(H,21,22).